The fourth-order valence-corrected chi connectivity index (χ4v) is 1.21. The lowest BCUT2D eigenvalue weighted by Crippen LogP contribution is -2.23. The molecule has 0 aliphatic heterocycles. The number of halogens is 3. The molecule has 2 N–H and O–H groups in total. The number of aliphatic hydroxyl groups excluding tert-OH is 2. The molecule has 2 nitrogen and oxygen atoms in total. The van der Waals surface area contributed by atoms with E-state index in [-0.39, 0.29) is 6.42 Å². The molecule has 1 rings (SSSR count). The first kappa shape index (κ1) is 8.80. The van der Waals surface area contributed by atoms with Crippen LogP contribution >= 0.6 is 0 Å². The number of alkyl halides is 3. The molecule has 0 heterocycles. The lowest BCUT2D eigenvalue weighted by atomic mass is 10.1. The van der Waals surface area contributed by atoms with E-state index in [4.69, 9.17) is 10.2 Å². The summed E-state index contributed by atoms with van der Waals surface area (Å²) in [4.78, 5) is 0. The fourth-order valence-electron chi connectivity index (χ4n) is 1.21. The molecule has 0 saturated heterocycles. The van der Waals surface area contributed by atoms with Gasteiger partial charge in [0, 0.05) is 5.41 Å². The summed E-state index contributed by atoms with van der Waals surface area (Å²) in [6, 6.07) is 0. The van der Waals surface area contributed by atoms with Crippen molar-refractivity contribution in [2.75, 3.05) is 13.2 Å². The van der Waals surface area contributed by atoms with E-state index in [1.165, 1.54) is 0 Å². The maximum Gasteiger partial charge on any atom is 0.392 e. The van der Waals surface area contributed by atoms with E-state index in [1.807, 2.05) is 0 Å². The molecule has 66 valence electrons. The molecule has 0 radical (unpaired) electrons. The summed E-state index contributed by atoms with van der Waals surface area (Å²) in [6.07, 6.45) is -4.42. The Morgan fingerprint density at radius 2 is 1.73 bits per heavy atom. The van der Waals surface area contributed by atoms with Gasteiger partial charge in [-0.25, -0.2) is 0 Å². The van der Waals surface area contributed by atoms with Crippen LogP contribution in [-0.2, 0) is 0 Å². The van der Waals surface area contributed by atoms with Crippen LogP contribution in [0.4, 0.5) is 13.2 Å². The van der Waals surface area contributed by atoms with Crippen LogP contribution in [0.25, 0.3) is 0 Å². The molecule has 5 heteroatoms. The van der Waals surface area contributed by atoms with E-state index in [1.54, 1.807) is 0 Å². The van der Waals surface area contributed by atoms with Crippen molar-refractivity contribution in [3.8, 4) is 0 Å². The Hall–Kier alpha value is -0.290. The van der Waals surface area contributed by atoms with Crippen molar-refractivity contribution in [2.45, 2.75) is 12.6 Å². The molecule has 1 fully saturated rings. The molecule has 1 aliphatic carbocycles. The molecule has 11 heavy (non-hydrogen) atoms. The van der Waals surface area contributed by atoms with Gasteiger partial charge in [0.2, 0.25) is 0 Å². The summed E-state index contributed by atoms with van der Waals surface area (Å²) in [5, 5.41) is 17.1. The Kier molecular flexibility index (Phi) is 1.88. The standard InChI is InChI=1S/C6H9F3O2/c7-6(8,9)4-1-5(4,2-10)3-11/h4,10-11H,1-3H2. The van der Waals surface area contributed by atoms with E-state index in [0.717, 1.165) is 0 Å². The van der Waals surface area contributed by atoms with Crippen molar-refractivity contribution in [3.63, 3.8) is 0 Å². The normalized spacial score (nSPS) is 28.6. The van der Waals surface area contributed by atoms with E-state index < -0.39 is 30.7 Å². The molecule has 1 atom stereocenters. The molecule has 0 amide bonds. The topological polar surface area (TPSA) is 40.5 Å². The van der Waals surface area contributed by atoms with Crippen molar-refractivity contribution in [1.82, 2.24) is 0 Å². The predicted molar refractivity (Wildman–Crippen MR) is 30.8 cm³/mol. The first-order valence-corrected chi connectivity index (χ1v) is 3.25. The molecule has 1 saturated carbocycles. The lowest BCUT2D eigenvalue weighted by molar-refractivity contribution is -0.160. The minimum absolute atomic E-state index is 0.149. The van der Waals surface area contributed by atoms with Crippen molar-refractivity contribution in [1.29, 1.82) is 0 Å². The van der Waals surface area contributed by atoms with E-state index >= 15 is 0 Å². The van der Waals surface area contributed by atoms with Crippen molar-refractivity contribution < 1.29 is 23.4 Å². The maximum absolute atomic E-state index is 11.9. The molecule has 1 unspecified atom stereocenters. The first-order valence-electron chi connectivity index (χ1n) is 3.25. The summed E-state index contributed by atoms with van der Waals surface area (Å²) in [5.41, 5.74) is -1.28. The van der Waals surface area contributed by atoms with Gasteiger partial charge in [-0.1, -0.05) is 0 Å². The second kappa shape index (κ2) is 2.35. The number of hydrogen-bond donors (Lipinski definition) is 2. The summed E-state index contributed by atoms with van der Waals surface area (Å²) >= 11 is 0. The Morgan fingerprint density at radius 1 is 1.27 bits per heavy atom. The van der Waals surface area contributed by atoms with Crippen molar-refractivity contribution >= 4 is 0 Å². The highest BCUT2D eigenvalue weighted by Crippen LogP contribution is 2.59. The van der Waals surface area contributed by atoms with Gasteiger partial charge in [0.15, 0.2) is 0 Å². The zero-order valence-electron chi connectivity index (χ0n) is 5.73. The highest BCUT2D eigenvalue weighted by molar-refractivity contribution is 5.04. The summed E-state index contributed by atoms with van der Waals surface area (Å²) < 4.78 is 35.7. The van der Waals surface area contributed by atoms with Gasteiger partial charge in [0.25, 0.3) is 0 Å². The van der Waals surface area contributed by atoms with Gasteiger partial charge < -0.3 is 10.2 Å². The van der Waals surface area contributed by atoms with E-state index in [9.17, 15) is 13.2 Å². The van der Waals surface area contributed by atoms with Gasteiger partial charge in [-0.15, -0.1) is 0 Å². The third-order valence-corrected chi connectivity index (χ3v) is 2.21. The molecule has 0 aromatic heterocycles. The number of aliphatic hydroxyl groups is 2. The van der Waals surface area contributed by atoms with E-state index in [0.29, 0.717) is 0 Å². The maximum atomic E-state index is 11.9. The van der Waals surface area contributed by atoms with Gasteiger partial charge in [-0.3, -0.25) is 0 Å². The molecule has 0 aromatic carbocycles. The Bertz CT molecular complexity index is 150. The van der Waals surface area contributed by atoms with Crippen LogP contribution in [0, 0.1) is 11.3 Å². The van der Waals surface area contributed by atoms with Crippen LogP contribution in [0.3, 0.4) is 0 Å². The summed E-state index contributed by atoms with van der Waals surface area (Å²) in [6.45, 7) is -1.18. The molecular formula is C6H9F3O2. The SMILES string of the molecule is OCC1(CO)CC1C(F)(F)F. The average molecular weight is 170 g/mol. The second-order valence-electron chi connectivity index (χ2n) is 2.98. The second-order valence-corrected chi connectivity index (χ2v) is 2.98. The lowest BCUT2D eigenvalue weighted by Gasteiger charge is -2.12. The molecule has 0 aromatic rings. The van der Waals surface area contributed by atoms with Gasteiger partial charge in [-0.05, 0) is 6.42 Å². The average Bonchev–Trinajstić information content (AvgIpc) is 2.61. The summed E-state index contributed by atoms with van der Waals surface area (Å²) in [5.74, 6) is -1.51. The molecule has 0 spiro atoms. The van der Waals surface area contributed by atoms with Crippen LogP contribution in [0.2, 0.25) is 0 Å². The van der Waals surface area contributed by atoms with Crippen LogP contribution in [-0.4, -0.2) is 29.6 Å². The minimum Gasteiger partial charge on any atom is -0.396 e. The first-order chi connectivity index (χ1) is 4.96. The predicted octanol–water partition coefficient (Wildman–Crippen LogP) is 0.540. The quantitative estimate of drug-likeness (QED) is 0.635. The monoisotopic (exact) mass is 170 g/mol. The van der Waals surface area contributed by atoms with E-state index in [2.05, 4.69) is 0 Å². The fraction of sp³-hybridized carbons (Fsp3) is 1.00. The zero-order chi connectivity index (χ0) is 8.70. The largest absolute Gasteiger partial charge is 0.396 e. The zero-order valence-corrected chi connectivity index (χ0v) is 5.73. The Morgan fingerprint density at radius 3 is 1.82 bits per heavy atom. The smallest absolute Gasteiger partial charge is 0.392 e. The number of rotatable bonds is 2. The van der Waals surface area contributed by atoms with Crippen LogP contribution in [0.5, 0.6) is 0 Å². The van der Waals surface area contributed by atoms with Crippen molar-refractivity contribution in [3.05, 3.63) is 0 Å². The van der Waals surface area contributed by atoms with Crippen LogP contribution in [0.15, 0.2) is 0 Å². The van der Waals surface area contributed by atoms with Crippen LogP contribution in [0.1, 0.15) is 6.42 Å². The minimum atomic E-state index is -4.27. The summed E-state index contributed by atoms with van der Waals surface area (Å²) in [7, 11) is 0. The number of hydrogen-bond acceptors (Lipinski definition) is 2. The van der Waals surface area contributed by atoms with Gasteiger partial charge in [-0.2, -0.15) is 13.2 Å². The third kappa shape index (κ3) is 1.35. The highest BCUT2D eigenvalue weighted by Gasteiger charge is 2.66. The molecular weight excluding hydrogens is 161 g/mol. The van der Waals surface area contributed by atoms with Crippen LogP contribution < -0.4 is 0 Å². The van der Waals surface area contributed by atoms with Gasteiger partial charge in [0.05, 0.1) is 19.1 Å². The Labute approximate surface area is 61.6 Å². The van der Waals surface area contributed by atoms with Crippen molar-refractivity contribution in [2.24, 2.45) is 11.3 Å². The molecule has 0 bridgehead atoms. The Balaban J connectivity index is 2.58. The van der Waals surface area contributed by atoms with Gasteiger partial charge >= 0.3 is 6.18 Å². The molecule has 1 aliphatic rings. The van der Waals surface area contributed by atoms with Gasteiger partial charge in [0.1, 0.15) is 0 Å². The third-order valence-electron chi connectivity index (χ3n) is 2.21. The highest BCUT2D eigenvalue weighted by atomic mass is 19.4.